The molecule has 2 heterocycles. The lowest BCUT2D eigenvalue weighted by Crippen LogP contribution is -2.83. The van der Waals surface area contributed by atoms with Gasteiger partial charge in [-0.3, -0.25) is 14.4 Å². The van der Waals surface area contributed by atoms with Crippen LogP contribution in [0.25, 0.3) is 0 Å². The molecule has 12 heteroatoms. The van der Waals surface area contributed by atoms with Gasteiger partial charge in [0.15, 0.2) is 6.10 Å². The SMILES string of the molecule is CCCC(=O)OC1C[C@@](C)(O)[C@]23OC(C)(C)[C@H](CC(OC(=O)c4ccoc4)[C@@]2(COC(C)=O)C1OC(=O)CCC)C3O. The lowest BCUT2D eigenvalue weighted by molar-refractivity contribution is -0.355. The maximum Gasteiger partial charge on any atom is 0.341 e. The standard InChI is InChI=1S/C30H42O12/c1-7-9-22(32)39-20-14-28(6,36)30-24(34)19(27(4,5)42-30)13-21(40-26(35)18-11-12-37-15-18)29(30,16-38-17(3)31)25(20)41-23(33)10-8-2/h11-12,15,19-21,24-25,34,36H,7-10,13-14,16H2,1-6H3/t19-,20?,21?,24?,25?,28-,29+,30+/m1/s1. The third kappa shape index (κ3) is 5.11. The van der Waals surface area contributed by atoms with Crippen molar-refractivity contribution < 1.29 is 57.5 Å². The number of hydrogen-bond acceptors (Lipinski definition) is 12. The third-order valence-corrected chi connectivity index (χ3v) is 9.06. The van der Waals surface area contributed by atoms with E-state index in [-0.39, 0.29) is 31.2 Å². The molecular formula is C30H42O12. The van der Waals surface area contributed by atoms with Crippen LogP contribution in [-0.4, -0.2) is 81.9 Å². The van der Waals surface area contributed by atoms with Gasteiger partial charge in [-0.05, 0) is 46.1 Å². The average Bonchev–Trinajstić information content (AvgIpc) is 3.47. The first-order valence-electron chi connectivity index (χ1n) is 14.5. The Morgan fingerprint density at radius 1 is 1.02 bits per heavy atom. The molecule has 1 aromatic rings. The molecule has 4 unspecified atom stereocenters. The second-order valence-electron chi connectivity index (χ2n) is 12.4. The predicted molar refractivity (Wildman–Crippen MR) is 144 cm³/mol. The Morgan fingerprint density at radius 3 is 2.24 bits per heavy atom. The first-order chi connectivity index (χ1) is 19.7. The van der Waals surface area contributed by atoms with Crippen molar-refractivity contribution in [3.8, 4) is 0 Å². The van der Waals surface area contributed by atoms with Gasteiger partial charge in [-0.2, -0.15) is 0 Å². The van der Waals surface area contributed by atoms with Crippen LogP contribution in [0.1, 0.15) is 90.4 Å². The maximum absolute atomic E-state index is 13.4. The molecule has 12 nitrogen and oxygen atoms in total. The van der Waals surface area contributed by atoms with Crippen molar-refractivity contribution in [3.05, 3.63) is 24.2 Å². The fourth-order valence-corrected chi connectivity index (χ4v) is 7.34. The van der Waals surface area contributed by atoms with E-state index in [0.717, 1.165) is 0 Å². The molecule has 1 aromatic heterocycles. The van der Waals surface area contributed by atoms with Crippen LogP contribution in [0.2, 0.25) is 0 Å². The Labute approximate surface area is 244 Å². The van der Waals surface area contributed by atoms with Gasteiger partial charge in [0.25, 0.3) is 0 Å². The van der Waals surface area contributed by atoms with E-state index < -0.39 is 83.0 Å². The molecule has 3 aliphatic rings. The van der Waals surface area contributed by atoms with Crippen molar-refractivity contribution in [2.45, 2.75) is 121 Å². The molecule has 3 fully saturated rings. The molecule has 0 radical (unpaired) electrons. The number of aliphatic hydroxyl groups is 2. The minimum atomic E-state index is -1.99. The Kier molecular flexibility index (Phi) is 8.84. The largest absolute Gasteiger partial charge is 0.472 e. The van der Waals surface area contributed by atoms with E-state index >= 15 is 0 Å². The number of furan rings is 1. The molecule has 42 heavy (non-hydrogen) atoms. The Bertz CT molecular complexity index is 1170. The zero-order valence-corrected chi connectivity index (χ0v) is 25.0. The van der Waals surface area contributed by atoms with Gasteiger partial charge in [0.2, 0.25) is 0 Å². The van der Waals surface area contributed by atoms with Crippen LogP contribution in [0.15, 0.2) is 23.0 Å². The van der Waals surface area contributed by atoms with Crippen LogP contribution in [-0.2, 0) is 38.1 Å². The topological polar surface area (TPSA) is 168 Å². The van der Waals surface area contributed by atoms with E-state index in [1.807, 2.05) is 0 Å². The predicted octanol–water partition coefficient (Wildman–Crippen LogP) is 2.86. The lowest BCUT2D eigenvalue weighted by atomic mass is 9.46. The Balaban J connectivity index is 1.99. The molecule has 234 valence electrons. The number of aliphatic hydroxyl groups excluding tert-OH is 1. The minimum Gasteiger partial charge on any atom is -0.472 e. The second-order valence-corrected chi connectivity index (χ2v) is 12.4. The zero-order valence-electron chi connectivity index (χ0n) is 25.0. The number of esters is 4. The van der Waals surface area contributed by atoms with Gasteiger partial charge in [0.1, 0.15) is 36.1 Å². The van der Waals surface area contributed by atoms with Crippen LogP contribution in [0, 0.1) is 11.3 Å². The van der Waals surface area contributed by atoms with E-state index in [1.54, 1.807) is 27.7 Å². The summed E-state index contributed by atoms with van der Waals surface area (Å²) in [6.07, 6.45) is -2.10. The minimum absolute atomic E-state index is 0.00565. The Morgan fingerprint density at radius 2 is 1.67 bits per heavy atom. The molecule has 8 atom stereocenters. The number of carbonyl (C=O) groups is 4. The van der Waals surface area contributed by atoms with Crippen molar-refractivity contribution in [1.82, 2.24) is 0 Å². The normalized spacial score (nSPS) is 36.4. The van der Waals surface area contributed by atoms with Gasteiger partial charge in [-0.15, -0.1) is 0 Å². The summed E-state index contributed by atoms with van der Waals surface area (Å²) < 4.78 is 35.3. The molecule has 0 aromatic carbocycles. The summed E-state index contributed by atoms with van der Waals surface area (Å²) in [5, 5.41) is 24.3. The molecule has 2 N–H and O–H groups in total. The third-order valence-electron chi connectivity index (χ3n) is 9.06. The fourth-order valence-electron chi connectivity index (χ4n) is 7.34. The quantitative estimate of drug-likeness (QED) is 0.301. The van der Waals surface area contributed by atoms with Gasteiger partial charge in [-0.1, -0.05) is 13.8 Å². The smallest absolute Gasteiger partial charge is 0.341 e. The number of ether oxygens (including phenoxy) is 5. The van der Waals surface area contributed by atoms with Gasteiger partial charge >= 0.3 is 23.9 Å². The fraction of sp³-hybridized carbons (Fsp3) is 0.733. The summed E-state index contributed by atoms with van der Waals surface area (Å²) in [5.41, 5.74) is -6.83. The highest BCUT2D eigenvalue weighted by Gasteiger charge is 2.85. The van der Waals surface area contributed by atoms with E-state index in [4.69, 9.17) is 28.1 Å². The number of carbonyl (C=O) groups excluding carboxylic acids is 4. The van der Waals surface area contributed by atoms with Crippen LogP contribution in [0.3, 0.4) is 0 Å². The van der Waals surface area contributed by atoms with E-state index in [2.05, 4.69) is 0 Å². The van der Waals surface area contributed by atoms with Crippen LogP contribution in [0.5, 0.6) is 0 Å². The van der Waals surface area contributed by atoms with Gasteiger partial charge in [0, 0.05) is 32.1 Å². The molecule has 2 saturated carbocycles. The summed E-state index contributed by atoms with van der Waals surface area (Å²) in [7, 11) is 0. The second kappa shape index (κ2) is 11.6. The Hall–Kier alpha value is -2.96. The van der Waals surface area contributed by atoms with Gasteiger partial charge in [-0.25, -0.2) is 4.79 Å². The lowest BCUT2D eigenvalue weighted by Gasteiger charge is -2.65. The first kappa shape index (κ1) is 32.0. The van der Waals surface area contributed by atoms with Crippen molar-refractivity contribution in [3.63, 3.8) is 0 Å². The molecule has 1 saturated heterocycles. The van der Waals surface area contributed by atoms with Crippen molar-refractivity contribution in [1.29, 1.82) is 0 Å². The zero-order chi connectivity index (χ0) is 31.1. The summed E-state index contributed by atoms with van der Waals surface area (Å²) in [6.45, 7) is 9.09. The molecule has 2 bridgehead atoms. The average molecular weight is 595 g/mol. The summed E-state index contributed by atoms with van der Waals surface area (Å²) in [6, 6.07) is 1.41. The van der Waals surface area contributed by atoms with Crippen LogP contribution < -0.4 is 0 Å². The first-order valence-corrected chi connectivity index (χ1v) is 14.5. The summed E-state index contributed by atoms with van der Waals surface area (Å²) in [4.78, 5) is 51.7. The van der Waals surface area contributed by atoms with E-state index in [9.17, 15) is 29.4 Å². The number of hydrogen-bond donors (Lipinski definition) is 2. The van der Waals surface area contributed by atoms with Crippen LogP contribution >= 0.6 is 0 Å². The molecule has 1 aliphatic heterocycles. The highest BCUT2D eigenvalue weighted by atomic mass is 16.6. The van der Waals surface area contributed by atoms with Gasteiger partial charge in [0.05, 0.1) is 29.1 Å². The molecule has 2 aliphatic carbocycles. The van der Waals surface area contributed by atoms with E-state index in [1.165, 1.54) is 32.4 Å². The van der Waals surface area contributed by atoms with Crippen molar-refractivity contribution >= 4 is 23.9 Å². The number of fused-ring (bicyclic) bond motifs is 1. The number of rotatable bonds is 10. The molecule has 0 amide bonds. The van der Waals surface area contributed by atoms with E-state index in [0.29, 0.717) is 12.8 Å². The summed E-state index contributed by atoms with van der Waals surface area (Å²) in [5.74, 6) is -3.39. The highest BCUT2D eigenvalue weighted by molar-refractivity contribution is 5.89. The highest BCUT2D eigenvalue weighted by Crippen LogP contribution is 2.68. The van der Waals surface area contributed by atoms with Gasteiger partial charge < -0.3 is 38.3 Å². The molecule has 1 spiro atoms. The van der Waals surface area contributed by atoms with Crippen LogP contribution in [0.4, 0.5) is 0 Å². The summed E-state index contributed by atoms with van der Waals surface area (Å²) >= 11 is 0. The van der Waals surface area contributed by atoms with Crippen molar-refractivity contribution in [2.75, 3.05) is 6.61 Å². The van der Waals surface area contributed by atoms with Crippen molar-refractivity contribution in [2.24, 2.45) is 11.3 Å². The molecular weight excluding hydrogens is 552 g/mol. The molecule has 4 rings (SSSR count). The maximum atomic E-state index is 13.4. The monoisotopic (exact) mass is 594 g/mol.